The largest absolute Gasteiger partial charge is 0.493 e. The molecule has 3 amide bonds. The van der Waals surface area contributed by atoms with E-state index in [0.717, 1.165) is 11.1 Å². The van der Waals surface area contributed by atoms with E-state index >= 15 is 0 Å². The second-order valence-corrected chi connectivity index (χ2v) is 8.37. The molecule has 0 aromatic heterocycles. The molecule has 0 aliphatic carbocycles. The van der Waals surface area contributed by atoms with Crippen LogP contribution in [0.25, 0.3) is 0 Å². The molecule has 1 aliphatic heterocycles. The third-order valence-corrected chi connectivity index (χ3v) is 6.04. The summed E-state index contributed by atoms with van der Waals surface area (Å²) in [5.74, 6) is -1.32. The van der Waals surface area contributed by atoms with E-state index < -0.39 is 17.7 Å². The van der Waals surface area contributed by atoms with E-state index in [1.54, 1.807) is 18.2 Å². The van der Waals surface area contributed by atoms with Gasteiger partial charge in [-0.05, 0) is 41.8 Å². The van der Waals surface area contributed by atoms with E-state index in [9.17, 15) is 14.4 Å². The van der Waals surface area contributed by atoms with Crippen molar-refractivity contribution in [2.45, 2.75) is 13.0 Å². The van der Waals surface area contributed by atoms with Gasteiger partial charge in [0.25, 0.3) is 5.91 Å². The van der Waals surface area contributed by atoms with Crippen molar-refractivity contribution < 1.29 is 23.9 Å². The zero-order valence-corrected chi connectivity index (χ0v) is 19.9. The predicted molar refractivity (Wildman–Crippen MR) is 133 cm³/mol. The van der Waals surface area contributed by atoms with Gasteiger partial charge in [-0.2, -0.15) is 0 Å². The zero-order chi connectivity index (χ0) is 24.9. The lowest BCUT2D eigenvalue weighted by molar-refractivity contribution is -0.129. The number of ether oxygens (including phenoxy) is 2. The highest BCUT2D eigenvalue weighted by molar-refractivity contribution is 6.34. The van der Waals surface area contributed by atoms with Gasteiger partial charge < -0.3 is 25.4 Å². The Morgan fingerprint density at radius 2 is 1.74 bits per heavy atom. The number of amides is 3. The topological polar surface area (TPSA) is 106 Å². The molecule has 1 unspecified atom stereocenters. The third-order valence-electron chi connectivity index (χ3n) is 5.71. The summed E-state index contributed by atoms with van der Waals surface area (Å²) < 4.78 is 10.6. The maximum atomic E-state index is 13.0. The van der Waals surface area contributed by atoms with Crippen molar-refractivity contribution in [3.63, 3.8) is 0 Å². The molecule has 1 aliphatic rings. The fourth-order valence-corrected chi connectivity index (χ4v) is 3.98. The van der Waals surface area contributed by atoms with Crippen molar-refractivity contribution in [2.24, 2.45) is 5.92 Å². The summed E-state index contributed by atoms with van der Waals surface area (Å²) in [7, 11) is 3.02. The Morgan fingerprint density at radius 3 is 2.46 bits per heavy atom. The van der Waals surface area contributed by atoms with Crippen LogP contribution in [0.2, 0.25) is 5.02 Å². The van der Waals surface area contributed by atoms with Crippen molar-refractivity contribution >= 4 is 40.7 Å². The maximum absolute atomic E-state index is 13.0. The van der Waals surface area contributed by atoms with Gasteiger partial charge in [0.15, 0.2) is 11.5 Å². The molecule has 0 radical (unpaired) electrons. The van der Waals surface area contributed by atoms with Crippen LogP contribution in [0.5, 0.6) is 11.5 Å². The van der Waals surface area contributed by atoms with Crippen LogP contribution in [0.15, 0.2) is 60.7 Å². The minimum Gasteiger partial charge on any atom is -0.493 e. The second kappa shape index (κ2) is 10.5. The fourth-order valence-electron chi connectivity index (χ4n) is 3.81. The molecule has 4 rings (SSSR count). The molecule has 1 heterocycles. The van der Waals surface area contributed by atoms with Crippen LogP contribution in [0, 0.1) is 5.92 Å². The number of anilines is 2. The van der Waals surface area contributed by atoms with Crippen LogP contribution in [-0.2, 0) is 22.6 Å². The monoisotopic (exact) mass is 493 g/mol. The van der Waals surface area contributed by atoms with Gasteiger partial charge >= 0.3 is 0 Å². The Hall–Kier alpha value is -4.04. The predicted octanol–water partition coefficient (Wildman–Crippen LogP) is 4.04. The Kier molecular flexibility index (Phi) is 7.22. The Balaban J connectivity index is 1.47. The van der Waals surface area contributed by atoms with E-state index in [1.165, 1.54) is 26.4 Å². The molecule has 180 valence electrons. The Morgan fingerprint density at radius 1 is 1.03 bits per heavy atom. The average Bonchev–Trinajstić information content (AvgIpc) is 2.87. The highest BCUT2D eigenvalue weighted by Crippen LogP contribution is 2.37. The molecular formula is C26H24ClN3O5. The summed E-state index contributed by atoms with van der Waals surface area (Å²) in [6.45, 7) is 0.361. The lowest BCUT2D eigenvalue weighted by Gasteiger charge is -2.25. The van der Waals surface area contributed by atoms with E-state index in [4.69, 9.17) is 21.1 Å². The van der Waals surface area contributed by atoms with Crippen LogP contribution in [0.3, 0.4) is 0 Å². The summed E-state index contributed by atoms with van der Waals surface area (Å²) >= 11 is 6.27. The van der Waals surface area contributed by atoms with Gasteiger partial charge in [0, 0.05) is 23.9 Å². The van der Waals surface area contributed by atoms with Crippen LogP contribution >= 0.6 is 11.6 Å². The summed E-state index contributed by atoms with van der Waals surface area (Å²) in [6, 6.07) is 17.5. The lowest BCUT2D eigenvalue weighted by Crippen LogP contribution is -2.38. The summed E-state index contributed by atoms with van der Waals surface area (Å²) in [6.07, 6.45) is 0.169. The zero-order valence-electron chi connectivity index (χ0n) is 19.2. The van der Waals surface area contributed by atoms with Crippen molar-refractivity contribution in [1.29, 1.82) is 0 Å². The number of nitrogens with one attached hydrogen (secondary N) is 3. The highest BCUT2D eigenvalue weighted by Gasteiger charge is 2.33. The molecule has 3 aromatic carbocycles. The molecule has 3 N–H and O–H groups in total. The molecule has 8 nitrogen and oxygen atoms in total. The molecular weight excluding hydrogens is 470 g/mol. The van der Waals surface area contributed by atoms with Gasteiger partial charge in [-0.25, -0.2) is 0 Å². The number of fused-ring (bicyclic) bond motifs is 1. The molecule has 0 bridgehead atoms. The number of hydrogen-bond acceptors (Lipinski definition) is 5. The number of rotatable bonds is 7. The molecule has 0 fully saturated rings. The van der Waals surface area contributed by atoms with E-state index in [1.807, 2.05) is 30.3 Å². The molecule has 1 atom stereocenters. The quantitative estimate of drug-likeness (QED) is 0.431. The Bertz CT molecular complexity index is 1280. The minimum absolute atomic E-state index is 0.169. The Labute approximate surface area is 207 Å². The van der Waals surface area contributed by atoms with E-state index in [0.29, 0.717) is 29.3 Å². The summed E-state index contributed by atoms with van der Waals surface area (Å²) in [4.78, 5) is 38.3. The van der Waals surface area contributed by atoms with Gasteiger partial charge in [-0.1, -0.05) is 41.9 Å². The van der Waals surface area contributed by atoms with Gasteiger partial charge in [-0.15, -0.1) is 0 Å². The number of benzene rings is 3. The molecule has 0 saturated carbocycles. The third kappa shape index (κ3) is 5.38. The van der Waals surface area contributed by atoms with Crippen molar-refractivity contribution in [3.05, 3.63) is 82.4 Å². The fraction of sp³-hybridized carbons (Fsp3) is 0.192. The first-order valence-electron chi connectivity index (χ1n) is 10.9. The van der Waals surface area contributed by atoms with Crippen molar-refractivity contribution in [3.8, 4) is 11.5 Å². The normalized spacial score (nSPS) is 14.4. The molecule has 9 heteroatoms. The molecule has 35 heavy (non-hydrogen) atoms. The SMILES string of the molecule is COc1cc2c(cc1OC)NC(=O)C(C(=O)Nc1cc(C(=O)NCc3ccccc3)ccc1Cl)C2. The second-order valence-electron chi connectivity index (χ2n) is 7.96. The smallest absolute Gasteiger partial charge is 0.251 e. The first kappa shape index (κ1) is 24.1. The van der Waals surface area contributed by atoms with E-state index in [2.05, 4.69) is 16.0 Å². The number of carbonyl (C=O) groups is 3. The summed E-state index contributed by atoms with van der Waals surface area (Å²) in [5, 5.41) is 8.53. The number of hydrogen-bond donors (Lipinski definition) is 3. The number of carbonyl (C=O) groups excluding carboxylic acids is 3. The van der Waals surface area contributed by atoms with Crippen LogP contribution < -0.4 is 25.4 Å². The lowest BCUT2D eigenvalue weighted by atomic mass is 9.92. The minimum atomic E-state index is -0.993. The van der Waals surface area contributed by atoms with Crippen molar-refractivity contribution in [2.75, 3.05) is 24.9 Å². The molecule has 0 saturated heterocycles. The van der Waals surface area contributed by atoms with Gasteiger partial charge in [0.2, 0.25) is 11.8 Å². The van der Waals surface area contributed by atoms with Gasteiger partial charge in [0.1, 0.15) is 5.92 Å². The number of halogens is 1. The number of methoxy groups -OCH3 is 2. The van der Waals surface area contributed by atoms with Crippen LogP contribution in [0.1, 0.15) is 21.5 Å². The first-order chi connectivity index (χ1) is 16.9. The van der Waals surface area contributed by atoms with Gasteiger partial charge in [0.05, 0.1) is 24.9 Å². The molecule has 3 aromatic rings. The first-order valence-corrected chi connectivity index (χ1v) is 11.3. The van der Waals surface area contributed by atoms with Crippen LogP contribution in [0.4, 0.5) is 11.4 Å². The van der Waals surface area contributed by atoms with Crippen molar-refractivity contribution in [1.82, 2.24) is 5.32 Å². The van der Waals surface area contributed by atoms with E-state index in [-0.39, 0.29) is 23.0 Å². The van der Waals surface area contributed by atoms with Gasteiger partial charge in [-0.3, -0.25) is 14.4 Å². The maximum Gasteiger partial charge on any atom is 0.251 e. The van der Waals surface area contributed by atoms with Crippen LogP contribution in [-0.4, -0.2) is 31.9 Å². The summed E-state index contributed by atoms with van der Waals surface area (Å²) in [5.41, 5.74) is 2.83. The molecule has 0 spiro atoms. The average molecular weight is 494 g/mol. The highest BCUT2D eigenvalue weighted by atomic mass is 35.5. The standard InChI is InChI=1S/C26H24ClN3O5/c1-34-22-12-17-10-18(25(32)29-20(17)13-23(22)35-2)26(33)30-21-11-16(8-9-19(21)27)24(31)28-14-15-6-4-3-5-7-15/h3-9,11-13,18H,10,14H2,1-2H3,(H,28,31)(H,29,32)(H,30,33).